The van der Waals surface area contributed by atoms with Crippen molar-refractivity contribution in [2.45, 2.75) is 18.6 Å². The van der Waals surface area contributed by atoms with Gasteiger partial charge >= 0.3 is 0 Å². The third-order valence-corrected chi connectivity index (χ3v) is 8.38. The average molecular weight is 602 g/mol. The molecule has 1 aliphatic heterocycles. The van der Waals surface area contributed by atoms with Crippen molar-refractivity contribution >= 4 is 44.8 Å². The summed E-state index contributed by atoms with van der Waals surface area (Å²) >= 11 is 12.3. The van der Waals surface area contributed by atoms with E-state index in [2.05, 4.69) is 15.4 Å². The zero-order valence-corrected chi connectivity index (χ0v) is 23.7. The first kappa shape index (κ1) is 28.0. The quantitative estimate of drug-likeness (QED) is 0.282. The Morgan fingerprint density at radius 2 is 1.65 bits per heavy atom. The van der Waals surface area contributed by atoms with Crippen LogP contribution in [0.15, 0.2) is 83.4 Å². The number of rotatable bonds is 9. The van der Waals surface area contributed by atoms with Crippen molar-refractivity contribution in [2.75, 3.05) is 23.7 Å². The Labute approximate surface area is 242 Å². The summed E-state index contributed by atoms with van der Waals surface area (Å²) in [6, 6.07) is 22.5. The molecule has 1 amide bonds. The van der Waals surface area contributed by atoms with Crippen molar-refractivity contribution in [1.82, 2.24) is 15.4 Å². The van der Waals surface area contributed by atoms with Crippen molar-refractivity contribution in [2.24, 2.45) is 0 Å². The largest absolute Gasteiger partial charge is 0.491 e. The number of benzene rings is 3. The molecular weight excluding hydrogens is 575 g/mol. The lowest BCUT2D eigenvalue weighted by Crippen LogP contribution is -2.61. The zero-order valence-electron chi connectivity index (χ0n) is 21.4. The van der Waals surface area contributed by atoms with Crippen LogP contribution in [0.5, 0.6) is 5.88 Å². The molecule has 1 saturated heterocycles. The van der Waals surface area contributed by atoms with Gasteiger partial charge in [0.05, 0.1) is 30.6 Å². The van der Waals surface area contributed by atoms with E-state index in [9.17, 15) is 18.3 Å². The minimum atomic E-state index is -3.67. The van der Waals surface area contributed by atoms with Gasteiger partial charge < -0.3 is 14.9 Å². The summed E-state index contributed by atoms with van der Waals surface area (Å²) in [5.74, 6) is -0.420. The molecule has 5 rings (SSSR count). The molecule has 12 heteroatoms. The number of nitrogens with zero attached hydrogens (tertiary/aromatic N) is 3. The van der Waals surface area contributed by atoms with Gasteiger partial charge in [0.25, 0.3) is 11.8 Å². The summed E-state index contributed by atoms with van der Waals surface area (Å²) in [6.07, 6.45) is 1.16. The predicted molar refractivity (Wildman–Crippen MR) is 153 cm³/mol. The van der Waals surface area contributed by atoms with Crippen LogP contribution in [0.4, 0.5) is 5.69 Å². The van der Waals surface area contributed by atoms with Crippen LogP contribution in [0, 0.1) is 0 Å². The number of carbonyl (C=O) groups is 1. The predicted octanol–water partition coefficient (Wildman–Crippen LogP) is 4.86. The van der Waals surface area contributed by atoms with Crippen molar-refractivity contribution in [3.63, 3.8) is 0 Å². The fraction of sp³-hybridized carbons (Fsp3) is 0.214. The Morgan fingerprint density at radius 1 is 1.05 bits per heavy atom. The molecule has 0 bridgehead atoms. The summed E-state index contributed by atoms with van der Waals surface area (Å²) < 4.78 is 32.2. The number of sulfonamides is 1. The maximum absolute atomic E-state index is 13.0. The van der Waals surface area contributed by atoms with E-state index in [1.165, 1.54) is 10.4 Å². The number of aromatic nitrogens is 1. The monoisotopic (exact) mass is 600 g/mol. The molecule has 0 aliphatic carbocycles. The lowest BCUT2D eigenvalue weighted by Gasteiger charge is -2.48. The molecular formula is C28H26Cl2N4O5S. The van der Waals surface area contributed by atoms with Crippen LogP contribution < -0.4 is 9.62 Å². The number of hydrogen-bond donors (Lipinski definition) is 2. The number of likely N-dealkylation sites (tertiary alicyclic amines) is 1. The molecule has 0 atom stereocenters. The molecule has 1 aliphatic rings. The first-order valence-corrected chi connectivity index (χ1v) is 15.0. The van der Waals surface area contributed by atoms with E-state index >= 15 is 0 Å². The number of aromatic hydroxyl groups is 1. The smallest absolute Gasteiger partial charge is 0.251 e. The second-order valence-electron chi connectivity index (χ2n) is 9.56. The number of amides is 1. The second-order valence-corrected chi connectivity index (χ2v) is 12.3. The molecule has 40 heavy (non-hydrogen) atoms. The third-order valence-electron chi connectivity index (χ3n) is 6.65. The number of halogens is 2. The van der Waals surface area contributed by atoms with Gasteiger partial charge in [0, 0.05) is 34.8 Å². The van der Waals surface area contributed by atoms with E-state index in [1.807, 2.05) is 48.5 Å². The van der Waals surface area contributed by atoms with Gasteiger partial charge in [-0.15, -0.1) is 0 Å². The summed E-state index contributed by atoms with van der Waals surface area (Å²) in [4.78, 5) is 15.0. The molecule has 0 spiro atoms. The van der Waals surface area contributed by atoms with Crippen LogP contribution in [0.3, 0.4) is 0 Å². The topological polar surface area (TPSA) is 116 Å². The average Bonchev–Trinajstić information content (AvgIpc) is 3.32. The van der Waals surface area contributed by atoms with Crippen LogP contribution in [0.1, 0.15) is 33.3 Å². The van der Waals surface area contributed by atoms with E-state index in [4.69, 9.17) is 27.7 Å². The van der Waals surface area contributed by atoms with E-state index in [0.29, 0.717) is 28.8 Å². The van der Waals surface area contributed by atoms with E-state index in [-0.39, 0.29) is 35.8 Å². The molecule has 208 valence electrons. The zero-order chi connectivity index (χ0) is 28.4. The van der Waals surface area contributed by atoms with Gasteiger partial charge in [-0.3, -0.25) is 14.0 Å². The van der Waals surface area contributed by atoms with Crippen LogP contribution >= 0.6 is 23.2 Å². The Kier molecular flexibility index (Phi) is 8.04. The van der Waals surface area contributed by atoms with Gasteiger partial charge in [0.1, 0.15) is 0 Å². The van der Waals surface area contributed by atoms with Crippen molar-refractivity contribution in [1.29, 1.82) is 0 Å². The Balaban J connectivity index is 1.36. The van der Waals surface area contributed by atoms with Crippen LogP contribution in [-0.4, -0.2) is 54.9 Å². The summed E-state index contributed by atoms with van der Waals surface area (Å²) in [7, 11) is -3.67. The maximum Gasteiger partial charge on any atom is 0.251 e. The summed E-state index contributed by atoms with van der Waals surface area (Å²) in [6.45, 7) is 0.948. The highest BCUT2D eigenvalue weighted by atomic mass is 35.5. The Bertz CT molecular complexity index is 1560. The van der Waals surface area contributed by atoms with E-state index in [1.54, 1.807) is 24.3 Å². The standard InChI is InChI=1S/C28H26Cl2N4O5S/c1-40(37,38)34(23-4-2-3-20(13-23)28(36)31-15-25-14-26(35)32-39-25)24-16-33(17-24)27(18-5-9-21(29)10-6-18)19-7-11-22(30)12-8-19/h2-14,24,27H,15-17H2,1H3,(H,31,36)(H,32,35). The molecule has 0 saturated carbocycles. The van der Waals surface area contributed by atoms with Crippen molar-refractivity contribution in [3.05, 3.63) is 111 Å². The summed E-state index contributed by atoms with van der Waals surface area (Å²) in [5, 5.41) is 16.6. The van der Waals surface area contributed by atoms with Crippen LogP contribution in [0.25, 0.3) is 0 Å². The van der Waals surface area contributed by atoms with E-state index < -0.39 is 15.9 Å². The van der Waals surface area contributed by atoms with Gasteiger partial charge in [0.15, 0.2) is 5.76 Å². The minimum Gasteiger partial charge on any atom is -0.491 e. The lowest BCUT2D eigenvalue weighted by molar-refractivity contribution is 0.0947. The van der Waals surface area contributed by atoms with Gasteiger partial charge in [-0.25, -0.2) is 8.42 Å². The van der Waals surface area contributed by atoms with Gasteiger partial charge in [-0.1, -0.05) is 53.5 Å². The third kappa shape index (κ3) is 6.26. The molecule has 0 unspecified atom stereocenters. The first-order chi connectivity index (χ1) is 19.1. The Hall–Kier alpha value is -3.57. The number of nitrogens with one attached hydrogen (secondary N) is 1. The van der Waals surface area contributed by atoms with Crippen molar-refractivity contribution in [3.8, 4) is 5.88 Å². The van der Waals surface area contributed by atoms with Gasteiger partial charge in [0.2, 0.25) is 10.0 Å². The maximum atomic E-state index is 13.0. The molecule has 1 fully saturated rings. The molecule has 1 aromatic heterocycles. The van der Waals surface area contributed by atoms with Gasteiger partial charge in [-0.2, -0.15) is 0 Å². The molecule has 2 N–H and O–H groups in total. The minimum absolute atomic E-state index is 0.0147. The van der Waals surface area contributed by atoms with Crippen molar-refractivity contribution < 1.29 is 22.8 Å². The molecule has 0 radical (unpaired) electrons. The normalized spacial score (nSPS) is 14.2. The molecule has 9 nitrogen and oxygen atoms in total. The Morgan fingerprint density at radius 3 is 2.17 bits per heavy atom. The first-order valence-electron chi connectivity index (χ1n) is 12.4. The number of anilines is 1. The highest BCUT2D eigenvalue weighted by molar-refractivity contribution is 7.92. The highest BCUT2D eigenvalue weighted by Gasteiger charge is 2.40. The molecule has 2 heterocycles. The number of hydrogen-bond acceptors (Lipinski definition) is 7. The SMILES string of the molecule is CS(=O)(=O)N(c1cccc(C(=O)NCc2cc(O)no2)c1)C1CN(C(c2ccc(Cl)cc2)c2ccc(Cl)cc2)C1. The molecule has 3 aromatic carbocycles. The fourth-order valence-corrected chi connectivity index (χ4v) is 6.29. The van der Waals surface area contributed by atoms with Gasteiger partial charge in [-0.05, 0) is 58.7 Å². The molecule has 4 aromatic rings. The summed E-state index contributed by atoms with van der Waals surface area (Å²) in [5.41, 5.74) is 2.72. The highest BCUT2D eigenvalue weighted by Crippen LogP contribution is 2.36. The van der Waals surface area contributed by atoms with Crippen LogP contribution in [0.2, 0.25) is 10.0 Å². The lowest BCUT2D eigenvalue weighted by atomic mass is 9.93. The second kappa shape index (κ2) is 11.5. The fourth-order valence-electron chi connectivity index (χ4n) is 4.86. The van der Waals surface area contributed by atoms with E-state index in [0.717, 1.165) is 17.4 Å². The van der Waals surface area contributed by atoms with Crippen LogP contribution in [-0.2, 0) is 16.6 Å². The number of carbonyl (C=O) groups excluding carboxylic acids is 1.